The smallest absolute Gasteiger partial charge is 0.0467 e. The molecule has 0 aromatic heterocycles. The lowest BCUT2D eigenvalue weighted by Gasteiger charge is -2.26. The zero-order chi connectivity index (χ0) is 18.2. The molecule has 2 nitrogen and oxygen atoms in total. The Bertz CT molecular complexity index is 1060. The summed E-state index contributed by atoms with van der Waals surface area (Å²) >= 11 is 0. The summed E-state index contributed by atoms with van der Waals surface area (Å²) in [5.41, 5.74) is 15.6. The van der Waals surface area contributed by atoms with Gasteiger partial charge in [0.05, 0.1) is 0 Å². The molecule has 0 amide bonds. The van der Waals surface area contributed by atoms with Crippen molar-refractivity contribution in [2.45, 2.75) is 6.42 Å². The highest BCUT2D eigenvalue weighted by atomic mass is 15.1. The number of rotatable bonds is 3. The molecule has 0 aliphatic heterocycles. The van der Waals surface area contributed by atoms with Gasteiger partial charge in [-0.15, -0.1) is 0 Å². The fourth-order valence-corrected chi connectivity index (χ4v) is 3.91. The van der Waals surface area contributed by atoms with E-state index in [1.54, 1.807) is 0 Å². The van der Waals surface area contributed by atoms with Crippen molar-refractivity contribution < 1.29 is 0 Å². The highest BCUT2D eigenvalue weighted by molar-refractivity contribution is 5.85. The van der Waals surface area contributed by atoms with Crippen molar-refractivity contribution in [1.29, 1.82) is 0 Å². The van der Waals surface area contributed by atoms with Gasteiger partial charge in [0.1, 0.15) is 0 Å². The predicted octanol–water partition coefficient (Wildman–Crippen LogP) is 6.31. The topological polar surface area (TPSA) is 29.3 Å². The van der Waals surface area contributed by atoms with Crippen LogP contribution in [0.1, 0.15) is 11.1 Å². The second-order valence-corrected chi connectivity index (χ2v) is 6.94. The maximum atomic E-state index is 6.06. The quantitative estimate of drug-likeness (QED) is 0.387. The molecule has 0 fully saturated rings. The van der Waals surface area contributed by atoms with E-state index in [1.807, 2.05) is 18.2 Å². The fraction of sp³-hybridized carbons (Fsp3) is 0.0400. The van der Waals surface area contributed by atoms with E-state index in [1.165, 1.54) is 22.3 Å². The number of benzene rings is 4. The van der Waals surface area contributed by atoms with Crippen LogP contribution in [0.25, 0.3) is 11.1 Å². The lowest BCUT2D eigenvalue weighted by Crippen LogP contribution is -2.09. The Morgan fingerprint density at radius 3 is 1.74 bits per heavy atom. The van der Waals surface area contributed by atoms with Crippen LogP contribution in [0.5, 0.6) is 0 Å². The normalized spacial score (nSPS) is 11.7. The predicted molar refractivity (Wildman–Crippen MR) is 114 cm³/mol. The number of nitrogens with two attached hydrogens (primary N) is 1. The third-order valence-corrected chi connectivity index (χ3v) is 5.19. The van der Waals surface area contributed by atoms with Crippen molar-refractivity contribution >= 4 is 22.7 Å². The zero-order valence-corrected chi connectivity index (χ0v) is 15.0. The highest BCUT2D eigenvalue weighted by Crippen LogP contribution is 2.42. The van der Waals surface area contributed by atoms with Gasteiger partial charge in [0.15, 0.2) is 0 Å². The first kappa shape index (κ1) is 15.7. The molecule has 2 heteroatoms. The van der Waals surface area contributed by atoms with Crippen LogP contribution in [0.4, 0.5) is 22.7 Å². The zero-order valence-electron chi connectivity index (χ0n) is 15.0. The van der Waals surface area contributed by atoms with Gasteiger partial charge in [0.2, 0.25) is 0 Å². The van der Waals surface area contributed by atoms with Gasteiger partial charge in [-0.1, -0.05) is 48.5 Å². The number of para-hydroxylation sites is 2. The van der Waals surface area contributed by atoms with Crippen molar-refractivity contribution in [1.82, 2.24) is 0 Å². The molecular weight excluding hydrogens is 328 g/mol. The van der Waals surface area contributed by atoms with Crippen molar-refractivity contribution in [2.24, 2.45) is 0 Å². The standard InChI is InChI=1S/C25H20N2/c26-20-13-11-18-15-19-12-14-23(17-25(19)24(18)16-20)27(21-7-3-1-4-8-21)22-9-5-2-6-10-22/h1-14,16-17H,15,26H2. The van der Waals surface area contributed by atoms with Crippen molar-refractivity contribution in [3.63, 3.8) is 0 Å². The van der Waals surface area contributed by atoms with Gasteiger partial charge < -0.3 is 10.6 Å². The lowest BCUT2D eigenvalue weighted by molar-refractivity contribution is 1.24. The van der Waals surface area contributed by atoms with E-state index in [0.29, 0.717) is 0 Å². The van der Waals surface area contributed by atoms with E-state index in [2.05, 4.69) is 83.8 Å². The Labute approximate surface area is 159 Å². The molecule has 0 unspecified atom stereocenters. The molecule has 0 bridgehead atoms. The molecule has 27 heavy (non-hydrogen) atoms. The van der Waals surface area contributed by atoms with Crippen molar-refractivity contribution in [3.05, 3.63) is 108 Å². The van der Waals surface area contributed by atoms with Gasteiger partial charge in [0.25, 0.3) is 0 Å². The summed E-state index contributed by atoms with van der Waals surface area (Å²) in [4.78, 5) is 2.30. The minimum absolute atomic E-state index is 0.815. The molecule has 1 aliphatic rings. The van der Waals surface area contributed by atoms with Crippen LogP contribution in [0.3, 0.4) is 0 Å². The summed E-state index contributed by atoms with van der Waals surface area (Å²) in [6.45, 7) is 0. The average Bonchev–Trinajstić information content (AvgIpc) is 3.07. The Morgan fingerprint density at radius 1 is 0.556 bits per heavy atom. The van der Waals surface area contributed by atoms with Crippen molar-refractivity contribution in [3.8, 4) is 11.1 Å². The Balaban J connectivity index is 1.68. The lowest BCUT2D eigenvalue weighted by atomic mass is 10.0. The molecule has 0 saturated heterocycles. The molecular formula is C25H20N2. The molecule has 1 aliphatic carbocycles. The van der Waals surface area contributed by atoms with Crippen LogP contribution >= 0.6 is 0 Å². The highest BCUT2D eigenvalue weighted by Gasteiger charge is 2.21. The summed E-state index contributed by atoms with van der Waals surface area (Å²) in [6.07, 6.45) is 0.974. The van der Waals surface area contributed by atoms with E-state index in [4.69, 9.17) is 5.73 Å². The molecule has 2 N–H and O–H groups in total. The fourth-order valence-electron chi connectivity index (χ4n) is 3.91. The summed E-state index contributed by atoms with van der Waals surface area (Å²) < 4.78 is 0. The number of anilines is 4. The Kier molecular flexibility index (Phi) is 3.68. The van der Waals surface area contributed by atoms with Crippen LogP contribution in [-0.4, -0.2) is 0 Å². The summed E-state index contributed by atoms with van der Waals surface area (Å²) in [5.74, 6) is 0. The first-order valence-corrected chi connectivity index (χ1v) is 9.21. The molecule has 0 heterocycles. The monoisotopic (exact) mass is 348 g/mol. The van der Waals surface area contributed by atoms with Crippen LogP contribution in [0.2, 0.25) is 0 Å². The summed E-state index contributed by atoms with van der Waals surface area (Å²) in [7, 11) is 0. The SMILES string of the molecule is Nc1ccc2c(c1)-c1cc(N(c3ccccc3)c3ccccc3)ccc1C2. The van der Waals surface area contributed by atoms with Gasteiger partial charge in [0, 0.05) is 22.7 Å². The van der Waals surface area contributed by atoms with Gasteiger partial charge in [-0.3, -0.25) is 0 Å². The number of hydrogen-bond donors (Lipinski definition) is 1. The third kappa shape index (κ3) is 2.76. The van der Waals surface area contributed by atoms with E-state index in [-0.39, 0.29) is 0 Å². The first-order valence-electron chi connectivity index (χ1n) is 9.21. The number of nitrogen functional groups attached to an aromatic ring is 1. The number of nitrogens with zero attached hydrogens (tertiary/aromatic N) is 1. The average molecular weight is 348 g/mol. The maximum Gasteiger partial charge on any atom is 0.0467 e. The molecule has 0 spiro atoms. The molecule has 4 aromatic carbocycles. The Morgan fingerprint density at radius 2 is 1.11 bits per heavy atom. The minimum atomic E-state index is 0.815. The summed E-state index contributed by atoms with van der Waals surface area (Å²) in [5, 5.41) is 0. The van der Waals surface area contributed by atoms with Gasteiger partial charge in [-0.25, -0.2) is 0 Å². The second kappa shape index (κ2) is 6.33. The first-order chi connectivity index (χ1) is 13.3. The van der Waals surface area contributed by atoms with E-state index in [0.717, 1.165) is 29.2 Å². The van der Waals surface area contributed by atoms with E-state index in [9.17, 15) is 0 Å². The Hall–Kier alpha value is -3.52. The van der Waals surface area contributed by atoms with Crippen LogP contribution in [0.15, 0.2) is 97.1 Å². The minimum Gasteiger partial charge on any atom is -0.399 e. The third-order valence-electron chi connectivity index (χ3n) is 5.19. The van der Waals surface area contributed by atoms with Crippen molar-refractivity contribution in [2.75, 3.05) is 10.6 Å². The molecule has 5 rings (SSSR count). The van der Waals surface area contributed by atoms with Gasteiger partial charge >= 0.3 is 0 Å². The van der Waals surface area contributed by atoms with Crippen LogP contribution in [-0.2, 0) is 6.42 Å². The van der Waals surface area contributed by atoms with E-state index >= 15 is 0 Å². The molecule has 130 valence electrons. The van der Waals surface area contributed by atoms with Crippen LogP contribution in [0, 0.1) is 0 Å². The van der Waals surface area contributed by atoms with E-state index < -0.39 is 0 Å². The molecule has 0 atom stereocenters. The van der Waals surface area contributed by atoms with Crippen LogP contribution < -0.4 is 10.6 Å². The second-order valence-electron chi connectivity index (χ2n) is 6.94. The number of hydrogen-bond acceptors (Lipinski definition) is 2. The molecule has 0 radical (unpaired) electrons. The van der Waals surface area contributed by atoms with Gasteiger partial charge in [-0.05, 0) is 77.2 Å². The number of fused-ring (bicyclic) bond motifs is 3. The summed E-state index contributed by atoms with van der Waals surface area (Å²) in [6, 6.07) is 34.0. The maximum absolute atomic E-state index is 6.06. The molecule has 4 aromatic rings. The largest absolute Gasteiger partial charge is 0.399 e. The molecule has 0 saturated carbocycles. The van der Waals surface area contributed by atoms with Gasteiger partial charge in [-0.2, -0.15) is 0 Å².